The van der Waals surface area contributed by atoms with Crippen molar-refractivity contribution in [3.05, 3.63) is 24.3 Å². The van der Waals surface area contributed by atoms with Gasteiger partial charge in [-0.25, -0.2) is 9.59 Å². The third-order valence-corrected chi connectivity index (χ3v) is 3.60. The molecule has 21 heavy (non-hydrogen) atoms. The summed E-state index contributed by atoms with van der Waals surface area (Å²) in [4.78, 5) is 24.7. The molecule has 0 aliphatic carbocycles. The maximum atomic E-state index is 12.2. The third-order valence-electron chi connectivity index (χ3n) is 2.96. The molecule has 7 heteroatoms. The molecule has 0 saturated heterocycles. The van der Waals surface area contributed by atoms with E-state index in [0.29, 0.717) is 23.6 Å². The smallest absolute Gasteiger partial charge is 0.326 e. The number of aliphatic carboxylic acids is 1. The molecule has 1 rings (SSSR count). The summed E-state index contributed by atoms with van der Waals surface area (Å²) in [6, 6.07) is 5.67. The Morgan fingerprint density at radius 1 is 1.43 bits per heavy atom. The molecule has 2 amide bonds. The molecule has 116 valence electrons. The number of hydrogen-bond donors (Lipinski definition) is 2. The number of hydrogen-bond acceptors (Lipinski definition) is 4. The third kappa shape index (κ3) is 4.86. The first-order valence-corrected chi connectivity index (χ1v) is 7.79. The number of carbonyl (C=O) groups excluding carboxylic acids is 1. The number of nitrogens with one attached hydrogen (secondary N) is 1. The SMILES string of the molecule is COc1ccccc1N(C)C(=O)N[C@@H](CCSC)C(=O)O. The first-order valence-electron chi connectivity index (χ1n) is 6.40. The fourth-order valence-electron chi connectivity index (χ4n) is 1.76. The van der Waals surface area contributed by atoms with Gasteiger partial charge in [-0.2, -0.15) is 11.8 Å². The molecule has 0 aromatic heterocycles. The van der Waals surface area contributed by atoms with Crippen molar-refractivity contribution in [2.45, 2.75) is 12.5 Å². The van der Waals surface area contributed by atoms with Gasteiger partial charge in [0, 0.05) is 7.05 Å². The molecule has 0 saturated carbocycles. The van der Waals surface area contributed by atoms with Crippen LogP contribution in [-0.2, 0) is 4.79 Å². The Hall–Kier alpha value is -1.89. The summed E-state index contributed by atoms with van der Waals surface area (Å²) in [6.07, 6.45) is 2.27. The lowest BCUT2D eigenvalue weighted by atomic mass is 10.2. The number of methoxy groups -OCH3 is 1. The molecule has 6 nitrogen and oxygen atoms in total. The number of benzene rings is 1. The van der Waals surface area contributed by atoms with Gasteiger partial charge in [0.15, 0.2) is 0 Å². The van der Waals surface area contributed by atoms with Crippen LogP contribution in [0.1, 0.15) is 6.42 Å². The van der Waals surface area contributed by atoms with E-state index < -0.39 is 18.0 Å². The largest absolute Gasteiger partial charge is 0.495 e. The van der Waals surface area contributed by atoms with Crippen molar-refractivity contribution in [2.24, 2.45) is 0 Å². The highest BCUT2D eigenvalue weighted by atomic mass is 32.2. The number of carbonyl (C=O) groups is 2. The summed E-state index contributed by atoms with van der Waals surface area (Å²) < 4.78 is 5.19. The Labute approximate surface area is 128 Å². The molecule has 1 aromatic carbocycles. The van der Waals surface area contributed by atoms with Crippen molar-refractivity contribution in [1.82, 2.24) is 5.32 Å². The summed E-state index contributed by atoms with van der Waals surface area (Å²) in [5.74, 6) is 0.173. The minimum Gasteiger partial charge on any atom is -0.495 e. The van der Waals surface area contributed by atoms with Crippen molar-refractivity contribution in [3.63, 3.8) is 0 Å². The minimum absolute atomic E-state index is 0.377. The van der Waals surface area contributed by atoms with E-state index in [9.17, 15) is 9.59 Å². The van der Waals surface area contributed by atoms with Crippen molar-refractivity contribution >= 4 is 29.4 Å². The van der Waals surface area contributed by atoms with Gasteiger partial charge in [-0.3, -0.25) is 4.90 Å². The molecule has 0 radical (unpaired) electrons. The molecule has 0 aliphatic heterocycles. The van der Waals surface area contributed by atoms with E-state index in [1.54, 1.807) is 31.3 Å². The van der Waals surface area contributed by atoms with Gasteiger partial charge >= 0.3 is 12.0 Å². The zero-order valence-electron chi connectivity index (χ0n) is 12.3. The monoisotopic (exact) mass is 312 g/mol. The van der Waals surface area contributed by atoms with Crippen LogP contribution in [0.15, 0.2) is 24.3 Å². The maximum absolute atomic E-state index is 12.2. The molecule has 1 aromatic rings. The average Bonchev–Trinajstić information content (AvgIpc) is 2.49. The number of rotatable bonds is 7. The number of anilines is 1. The lowest BCUT2D eigenvalue weighted by Gasteiger charge is -2.22. The zero-order chi connectivity index (χ0) is 15.8. The van der Waals surface area contributed by atoms with E-state index in [1.807, 2.05) is 6.26 Å². The average molecular weight is 312 g/mol. The molecule has 0 unspecified atom stereocenters. The molecular formula is C14H20N2O4S. The van der Waals surface area contributed by atoms with Gasteiger partial charge in [-0.1, -0.05) is 12.1 Å². The fourth-order valence-corrected chi connectivity index (χ4v) is 2.23. The second-order valence-electron chi connectivity index (χ2n) is 4.35. The van der Waals surface area contributed by atoms with Crippen LogP contribution in [0.25, 0.3) is 0 Å². The summed E-state index contributed by atoms with van der Waals surface area (Å²) >= 11 is 1.54. The number of nitrogens with zero attached hydrogens (tertiary/aromatic N) is 1. The summed E-state index contributed by atoms with van der Waals surface area (Å²) in [6.45, 7) is 0. The van der Waals surface area contributed by atoms with Crippen LogP contribution >= 0.6 is 11.8 Å². The van der Waals surface area contributed by atoms with Crippen molar-refractivity contribution in [2.75, 3.05) is 31.1 Å². The van der Waals surface area contributed by atoms with Crippen LogP contribution in [-0.4, -0.2) is 49.3 Å². The van der Waals surface area contributed by atoms with Gasteiger partial charge in [0.25, 0.3) is 0 Å². The second-order valence-corrected chi connectivity index (χ2v) is 5.34. The number of amides is 2. The number of para-hydroxylation sites is 2. The van der Waals surface area contributed by atoms with Crippen LogP contribution in [0.5, 0.6) is 5.75 Å². The van der Waals surface area contributed by atoms with E-state index in [1.165, 1.54) is 23.8 Å². The van der Waals surface area contributed by atoms with Crippen LogP contribution in [0.3, 0.4) is 0 Å². The van der Waals surface area contributed by atoms with Crippen LogP contribution in [0, 0.1) is 0 Å². The summed E-state index contributed by atoms with van der Waals surface area (Å²) in [5.41, 5.74) is 0.575. The molecule has 1 atom stereocenters. The molecule has 0 fully saturated rings. The lowest BCUT2D eigenvalue weighted by Crippen LogP contribution is -2.47. The van der Waals surface area contributed by atoms with Gasteiger partial charge in [-0.05, 0) is 30.6 Å². The molecule has 0 heterocycles. The van der Waals surface area contributed by atoms with E-state index in [-0.39, 0.29) is 0 Å². The van der Waals surface area contributed by atoms with Gasteiger partial charge in [0.1, 0.15) is 11.8 Å². The molecule has 0 bridgehead atoms. The zero-order valence-corrected chi connectivity index (χ0v) is 13.1. The number of urea groups is 1. The normalized spacial score (nSPS) is 11.6. The van der Waals surface area contributed by atoms with Crippen molar-refractivity contribution < 1.29 is 19.4 Å². The number of ether oxygens (including phenoxy) is 1. The van der Waals surface area contributed by atoms with Crippen molar-refractivity contribution in [3.8, 4) is 5.75 Å². The quantitative estimate of drug-likeness (QED) is 0.805. The fraction of sp³-hybridized carbons (Fsp3) is 0.429. The van der Waals surface area contributed by atoms with E-state index in [4.69, 9.17) is 9.84 Å². The second kappa shape index (κ2) is 8.41. The van der Waals surface area contributed by atoms with E-state index in [0.717, 1.165) is 0 Å². The van der Waals surface area contributed by atoms with Crippen LogP contribution in [0.4, 0.5) is 10.5 Å². The van der Waals surface area contributed by atoms with Gasteiger partial charge in [0.05, 0.1) is 12.8 Å². The summed E-state index contributed by atoms with van der Waals surface area (Å²) in [5, 5.41) is 11.7. The van der Waals surface area contributed by atoms with E-state index in [2.05, 4.69) is 5.32 Å². The predicted molar refractivity (Wildman–Crippen MR) is 84.4 cm³/mol. The minimum atomic E-state index is -1.04. The Kier molecular flexibility index (Phi) is 6.87. The first-order chi connectivity index (χ1) is 10.0. The van der Waals surface area contributed by atoms with Gasteiger partial charge in [-0.15, -0.1) is 0 Å². The predicted octanol–water partition coefficient (Wildman–Crippen LogP) is 2.05. The highest BCUT2D eigenvalue weighted by molar-refractivity contribution is 7.98. The standard InChI is InChI=1S/C14H20N2O4S/c1-16(11-6-4-5-7-12(11)20-2)14(19)15-10(13(17)18)8-9-21-3/h4-7,10H,8-9H2,1-3H3,(H,15,19)(H,17,18)/t10-/m0/s1. The van der Waals surface area contributed by atoms with E-state index >= 15 is 0 Å². The number of carboxylic acids is 1. The topological polar surface area (TPSA) is 78.9 Å². The van der Waals surface area contributed by atoms with Gasteiger partial charge < -0.3 is 15.2 Å². The summed E-state index contributed by atoms with van der Waals surface area (Å²) in [7, 11) is 3.09. The lowest BCUT2D eigenvalue weighted by molar-refractivity contribution is -0.139. The van der Waals surface area contributed by atoms with Crippen LogP contribution in [0.2, 0.25) is 0 Å². The Morgan fingerprint density at radius 2 is 2.10 bits per heavy atom. The number of thioether (sulfide) groups is 1. The Morgan fingerprint density at radius 3 is 2.67 bits per heavy atom. The van der Waals surface area contributed by atoms with Crippen LogP contribution < -0.4 is 15.0 Å². The maximum Gasteiger partial charge on any atom is 0.326 e. The molecule has 0 spiro atoms. The molecule has 2 N–H and O–H groups in total. The van der Waals surface area contributed by atoms with Crippen molar-refractivity contribution in [1.29, 1.82) is 0 Å². The number of carboxylic acid groups (broad SMARTS) is 1. The Bertz CT molecular complexity index is 496. The first kappa shape index (κ1) is 17.2. The Balaban J connectivity index is 2.79. The van der Waals surface area contributed by atoms with Gasteiger partial charge in [0.2, 0.25) is 0 Å². The molecule has 0 aliphatic rings. The highest BCUT2D eigenvalue weighted by Crippen LogP contribution is 2.26. The highest BCUT2D eigenvalue weighted by Gasteiger charge is 2.22. The molecular weight excluding hydrogens is 292 g/mol.